The highest BCUT2D eigenvalue weighted by atomic mass is 19.1. The van der Waals surface area contributed by atoms with Crippen molar-refractivity contribution in [3.63, 3.8) is 0 Å². The van der Waals surface area contributed by atoms with Crippen molar-refractivity contribution in [3.05, 3.63) is 42.2 Å². The molecule has 0 spiro atoms. The van der Waals surface area contributed by atoms with Crippen LogP contribution >= 0.6 is 0 Å². The number of benzene rings is 1. The lowest BCUT2D eigenvalue weighted by Crippen LogP contribution is -1.95. The second kappa shape index (κ2) is 3.90. The van der Waals surface area contributed by atoms with E-state index < -0.39 is 5.82 Å². The first-order valence-corrected chi connectivity index (χ1v) is 3.74. The van der Waals surface area contributed by atoms with Crippen LogP contribution in [0.2, 0.25) is 0 Å². The van der Waals surface area contributed by atoms with Crippen molar-refractivity contribution in [3.8, 4) is 5.75 Å². The summed E-state index contributed by atoms with van der Waals surface area (Å²) < 4.78 is 18.3. The van der Waals surface area contributed by atoms with Gasteiger partial charge in [0.05, 0.1) is 6.61 Å². The fraction of sp³-hybridized carbons (Fsp3) is 0.200. The first kappa shape index (κ1) is 8.78. The van der Waals surface area contributed by atoms with Crippen LogP contribution in [0.5, 0.6) is 5.75 Å². The Kier molecular flexibility index (Phi) is 2.86. The molecule has 0 aliphatic carbocycles. The van der Waals surface area contributed by atoms with Crippen molar-refractivity contribution in [1.29, 1.82) is 0 Å². The van der Waals surface area contributed by atoms with E-state index in [-0.39, 0.29) is 5.75 Å². The summed E-state index contributed by atoms with van der Waals surface area (Å²) in [6.07, 6.45) is 2.49. The molecule has 0 saturated carbocycles. The molecular weight excluding hydrogens is 155 g/mol. The van der Waals surface area contributed by atoms with E-state index in [1.165, 1.54) is 0 Å². The zero-order valence-corrected chi connectivity index (χ0v) is 6.93. The summed E-state index contributed by atoms with van der Waals surface area (Å²) in [5.41, 5.74) is 0.348. The minimum absolute atomic E-state index is 0.256. The summed E-state index contributed by atoms with van der Waals surface area (Å²) in [6, 6.07) is 4.89. The number of rotatable bonds is 3. The van der Waals surface area contributed by atoms with E-state index in [0.717, 1.165) is 0 Å². The summed E-state index contributed by atoms with van der Waals surface area (Å²) >= 11 is 0. The van der Waals surface area contributed by atoms with Gasteiger partial charge in [0.25, 0.3) is 0 Å². The van der Waals surface area contributed by atoms with Crippen LogP contribution in [0, 0.1) is 11.9 Å². The van der Waals surface area contributed by atoms with E-state index in [1.54, 1.807) is 18.2 Å². The zero-order chi connectivity index (χ0) is 8.97. The summed E-state index contributed by atoms with van der Waals surface area (Å²) in [4.78, 5) is 0. The lowest BCUT2D eigenvalue weighted by molar-refractivity contribution is 0.321. The van der Waals surface area contributed by atoms with Crippen molar-refractivity contribution in [2.75, 3.05) is 6.61 Å². The number of halogens is 1. The second-order valence-electron chi connectivity index (χ2n) is 2.23. The van der Waals surface area contributed by atoms with Crippen molar-refractivity contribution in [1.82, 2.24) is 0 Å². The van der Waals surface area contributed by atoms with Gasteiger partial charge in [0.15, 0.2) is 11.6 Å². The number of ether oxygens (including phenoxy) is 1. The van der Waals surface area contributed by atoms with Gasteiger partial charge in [-0.3, -0.25) is 0 Å². The lowest BCUT2D eigenvalue weighted by atomic mass is 10.2. The molecule has 0 heterocycles. The van der Waals surface area contributed by atoms with E-state index in [4.69, 9.17) is 4.74 Å². The monoisotopic (exact) mass is 165 g/mol. The van der Waals surface area contributed by atoms with E-state index in [1.807, 2.05) is 6.92 Å². The Bertz CT molecular complexity index is 281. The zero-order valence-electron chi connectivity index (χ0n) is 6.93. The van der Waals surface area contributed by atoms with Crippen molar-refractivity contribution in [2.45, 2.75) is 6.92 Å². The molecular formula is C10H10FO. The molecule has 1 radical (unpaired) electrons. The van der Waals surface area contributed by atoms with E-state index in [9.17, 15) is 4.39 Å². The van der Waals surface area contributed by atoms with Crippen LogP contribution in [0.3, 0.4) is 0 Å². The van der Waals surface area contributed by atoms with Gasteiger partial charge in [0.1, 0.15) is 0 Å². The maximum absolute atomic E-state index is 13.2. The van der Waals surface area contributed by atoms with Crippen molar-refractivity contribution >= 4 is 0 Å². The van der Waals surface area contributed by atoms with Gasteiger partial charge >= 0.3 is 0 Å². The third kappa shape index (κ3) is 1.64. The molecule has 1 rings (SSSR count). The molecule has 0 atom stereocenters. The van der Waals surface area contributed by atoms with Crippen molar-refractivity contribution in [2.24, 2.45) is 0 Å². The van der Waals surface area contributed by atoms with Crippen molar-refractivity contribution < 1.29 is 9.13 Å². The van der Waals surface area contributed by atoms with Crippen LogP contribution in [0.1, 0.15) is 12.5 Å². The largest absolute Gasteiger partial charge is 0.491 e. The molecule has 0 unspecified atom stereocenters. The molecule has 0 aliphatic heterocycles. The maximum atomic E-state index is 13.2. The van der Waals surface area contributed by atoms with Crippen LogP contribution in [-0.2, 0) is 0 Å². The highest BCUT2D eigenvalue weighted by Crippen LogP contribution is 2.19. The molecule has 1 aromatic rings. The lowest BCUT2D eigenvalue weighted by Gasteiger charge is -2.05. The average molecular weight is 165 g/mol. The molecule has 0 amide bonds. The molecule has 0 bridgehead atoms. The second-order valence-corrected chi connectivity index (χ2v) is 2.23. The highest BCUT2D eigenvalue weighted by Gasteiger charge is 2.05. The summed E-state index contributed by atoms with van der Waals surface area (Å²) in [5, 5.41) is 0. The van der Waals surface area contributed by atoms with Gasteiger partial charge < -0.3 is 4.74 Å². The van der Waals surface area contributed by atoms with Gasteiger partial charge in [-0.2, -0.15) is 0 Å². The maximum Gasteiger partial charge on any atom is 0.172 e. The minimum atomic E-state index is -0.394. The SMILES string of the molecule is C=[C]c1cccc(OCC)c1F. The number of hydrogen-bond donors (Lipinski definition) is 0. The average Bonchev–Trinajstić information content (AvgIpc) is 2.09. The van der Waals surface area contributed by atoms with Crippen LogP contribution in [0.25, 0.3) is 0 Å². The van der Waals surface area contributed by atoms with Crippen LogP contribution in [0.4, 0.5) is 4.39 Å². The smallest absolute Gasteiger partial charge is 0.172 e. The van der Waals surface area contributed by atoms with Crippen LogP contribution in [0.15, 0.2) is 24.8 Å². The number of hydrogen-bond acceptors (Lipinski definition) is 1. The fourth-order valence-electron chi connectivity index (χ4n) is 0.914. The Morgan fingerprint density at radius 2 is 2.33 bits per heavy atom. The molecule has 0 aromatic heterocycles. The standard InChI is InChI=1S/C10H10FO/c1-3-8-6-5-7-9(10(8)11)12-4-2/h5-7H,1,4H2,2H3. The molecule has 1 aromatic carbocycles. The van der Waals surface area contributed by atoms with E-state index in [2.05, 4.69) is 12.7 Å². The van der Waals surface area contributed by atoms with Gasteiger partial charge in [-0.25, -0.2) is 4.39 Å². The predicted molar refractivity (Wildman–Crippen MR) is 45.5 cm³/mol. The Morgan fingerprint density at radius 3 is 2.92 bits per heavy atom. The van der Waals surface area contributed by atoms with E-state index in [0.29, 0.717) is 12.2 Å². The molecule has 1 nitrogen and oxygen atoms in total. The van der Waals surface area contributed by atoms with E-state index >= 15 is 0 Å². The van der Waals surface area contributed by atoms with Gasteiger partial charge in [-0.05, 0) is 19.1 Å². The quantitative estimate of drug-likeness (QED) is 0.668. The molecule has 0 aliphatic rings. The molecule has 12 heavy (non-hydrogen) atoms. The summed E-state index contributed by atoms with van der Waals surface area (Å²) in [6.45, 7) is 5.64. The van der Waals surface area contributed by atoms with Gasteiger partial charge in [0.2, 0.25) is 0 Å². The summed E-state index contributed by atoms with van der Waals surface area (Å²) in [7, 11) is 0. The Hall–Kier alpha value is -1.31. The molecule has 2 heteroatoms. The topological polar surface area (TPSA) is 9.23 Å². The fourth-order valence-corrected chi connectivity index (χ4v) is 0.914. The Labute approximate surface area is 71.5 Å². The third-order valence-corrected chi connectivity index (χ3v) is 1.45. The summed E-state index contributed by atoms with van der Waals surface area (Å²) in [5.74, 6) is -0.138. The molecule has 0 fully saturated rings. The van der Waals surface area contributed by atoms with Gasteiger partial charge in [0, 0.05) is 5.56 Å². The molecule has 63 valence electrons. The Balaban J connectivity index is 3.04. The normalized spacial score (nSPS) is 9.50. The van der Waals surface area contributed by atoms with Gasteiger partial charge in [-0.1, -0.05) is 18.7 Å². The highest BCUT2D eigenvalue weighted by molar-refractivity contribution is 5.34. The third-order valence-electron chi connectivity index (χ3n) is 1.45. The molecule has 0 N–H and O–H groups in total. The molecule has 0 saturated heterocycles. The van der Waals surface area contributed by atoms with Gasteiger partial charge in [-0.15, -0.1) is 0 Å². The van der Waals surface area contributed by atoms with Crippen LogP contribution in [-0.4, -0.2) is 6.61 Å². The Morgan fingerprint density at radius 1 is 1.58 bits per heavy atom. The first-order valence-electron chi connectivity index (χ1n) is 3.74. The minimum Gasteiger partial charge on any atom is -0.491 e. The predicted octanol–water partition coefficient (Wildman–Crippen LogP) is 2.56. The first-order chi connectivity index (χ1) is 5.79. The van der Waals surface area contributed by atoms with Crippen LogP contribution < -0.4 is 4.74 Å².